The molecule has 8 atom stereocenters. The fraction of sp³-hybridized carbons (Fsp3) is 0.880. The summed E-state index contributed by atoms with van der Waals surface area (Å²) in [6.45, 7) is 7.11. The van der Waals surface area contributed by atoms with Crippen LogP contribution in [0.5, 0.6) is 0 Å². The lowest BCUT2D eigenvalue weighted by atomic mass is 9.43. The van der Waals surface area contributed by atoms with E-state index in [1.807, 2.05) is 0 Å². The minimum absolute atomic E-state index is 0.0267. The fourth-order valence-electron chi connectivity index (χ4n) is 8.32. The number of carbonyl (C=O) groups excluding carboxylic acids is 3. The van der Waals surface area contributed by atoms with Crippen LogP contribution in [0, 0.1) is 34.5 Å². The number of carbonyl (C=O) groups is 3. The molecule has 6 heteroatoms. The zero-order valence-electron chi connectivity index (χ0n) is 19.4. The van der Waals surface area contributed by atoms with Crippen LogP contribution in [0.4, 0.5) is 0 Å². The Bertz CT molecular complexity index is 763. The van der Waals surface area contributed by atoms with E-state index in [0.717, 1.165) is 44.9 Å². The third-order valence-electron chi connectivity index (χ3n) is 9.94. The summed E-state index contributed by atoms with van der Waals surface area (Å²) in [6, 6.07) is 0. The van der Waals surface area contributed by atoms with Crippen LogP contribution >= 0.6 is 0 Å². The number of Topliss-reactive ketones (excluding diaryl/α,β-unsaturated/α-hetero) is 1. The molecular weight excluding hydrogens is 396 g/mol. The minimum Gasteiger partial charge on any atom is -0.463 e. The molecule has 0 spiro atoms. The number of esters is 2. The third kappa shape index (κ3) is 3.53. The smallest absolute Gasteiger partial charge is 0.303 e. The summed E-state index contributed by atoms with van der Waals surface area (Å²) in [6.07, 6.45) is 8.06. The molecule has 0 amide bonds. The van der Waals surface area contributed by atoms with Gasteiger partial charge in [-0.1, -0.05) is 13.8 Å². The van der Waals surface area contributed by atoms with Crippen molar-refractivity contribution in [3.63, 3.8) is 0 Å². The molecule has 4 fully saturated rings. The van der Waals surface area contributed by atoms with E-state index in [-0.39, 0.29) is 41.7 Å². The Balaban J connectivity index is 1.53. The predicted molar refractivity (Wildman–Crippen MR) is 114 cm³/mol. The Morgan fingerprint density at radius 3 is 2.32 bits per heavy atom. The van der Waals surface area contributed by atoms with Gasteiger partial charge in [-0.25, -0.2) is 0 Å². The van der Waals surface area contributed by atoms with Gasteiger partial charge < -0.3 is 14.6 Å². The molecule has 0 aromatic rings. The van der Waals surface area contributed by atoms with E-state index in [9.17, 15) is 19.5 Å². The summed E-state index contributed by atoms with van der Waals surface area (Å²) in [5.41, 5.74) is -1.15. The van der Waals surface area contributed by atoms with Gasteiger partial charge >= 0.3 is 11.9 Å². The van der Waals surface area contributed by atoms with Crippen LogP contribution in [-0.4, -0.2) is 41.1 Å². The first-order valence-corrected chi connectivity index (χ1v) is 12.1. The molecule has 0 bridgehead atoms. The highest BCUT2D eigenvalue weighted by molar-refractivity contribution is 5.85. The molecule has 174 valence electrons. The summed E-state index contributed by atoms with van der Waals surface area (Å²) < 4.78 is 10.5. The van der Waals surface area contributed by atoms with Gasteiger partial charge in [-0.15, -0.1) is 0 Å². The number of ether oxygens (including phenoxy) is 2. The third-order valence-corrected chi connectivity index (χ3v) is 9.94. The molecular formula is C25H38O6. The van der Waals surface area contributed by atoms with Crippen LogP contribution in [0.3, 0.4) is 0 Å². The Kier molecular flexibility index (Phi) is 5.77. The van der Waals surface area contributed by atoms with E-state index < -0.39 is 17.0 Å². The average molecular weight is 435 g/mol. The predicted octanol–water partition coefficient (Wildman–Crippen LogP) is 3.82. The molecule has 4 saturated carbocycles. The Hall–Kier alpha value is -1.43. The van der Waals surface area contributed by atoms with Crippen molar-refractivity contribution in [2.24, 2.45) is 34.5 Å². The number of hydrogen-bond acceptors (Lipinski definition) is 6. The maximum absolute atomic E-state index is 12.9. The van der Waals surface area contributed by atoms with Crippen LogP contribution in [-0.2, 0) is 23.9 Å². The standard InChI is InChI=1S/C25H38O6/c1-15(26)30-14-22(28)21-9-12-25(29)20-6-5-17-13-18(31-16(2)27)7-10-23(17,3)19(20)8-11-24(21,25)4/h17-21,29H,5-14H2,1-4H3/t17-,18+,19+,20-,21+,23+,24-,25+/m1/s1. The van der Waals surface area contributed by atoms with Crippen molar-refractivity contribution in [1.82, 2.24) is 0 Å². The molecule has 0 aromatic carbocycles. The summed E-state index contributed by atoms with van der Waals surface area (Å²) >= 11 is 0. The maximum atomic E-state index is 12.9. The van der Waals surface area contributed by atoms with Crippen molar-refractivity contribution < 1.29 is 29.0 Å². The van der Waals surface area contributed by atoms with Gasteiger partial charge in [0, 0.05) is 25.2 Å². The molecule has 0 heterocycles. The zero-order valence-corrected chi connectivity index (χ0v) is 19.4. The highest BCUT2D eigenvalue weighted by Gasteiger charge is 2.68. The largest absolute Gasteiger partial charge is 0.463 e. The molecule has 0 aliphatic heterocycles. The van der Waals surface area contributed by atoms with Crippen molar-refractivity contribution in [2.75, 3.05) is 6.61 Å². The number of rotatable bonds is 4. The van der Waals surface area contributed by atoms with Crippen LogP contribution in [0.25, 0.3) is 0 Å². The maximum Gasteiger partial charge on any atom is 0.303 e. The first kappa shape index (κ1) is 22.8. The van der Waals surface area contributed by atoms with Crippen molar-refractivity contribution in [3.05, 3.63) is 0 Å². The van der Waals surface area contributed by atoms with Gasteiger partial charge in [-0.2, -0.15) is 0 Å². The van der Waals surface area contributed by atoms with Crippen molar-refractivity contribution in [3.8, 4) is 0 Å². The summed E-state index contributed by atoms with van der Waals surface area (Å²) in [7, 11) is 0. The molecule has 4 aliphatic rings. The van der Waals surface area contributed by atoms with Crippen LogP contribution < -0.4 is 0 Å². The molecule has 0 saturated heterocycles. The summed E-state index contributed by atoms with van der Waals surface area (Å²) in [4.78, 5) is 35.5. The van der Waals surface area contributed by atoms with E-state index in [4.69, 9.17) is 9.47 Å². The highest BCUT2D eigenvalue weighted by Crippen LogP contribution is 2.69. The fourth-order valence-corrected chi connectivity index (χ4v) is 8.32. The molecule has 4 aliphatic carbocycles. The highest BCUT2D eigenvalue weighted by atomic mass is 16.5. The Labute approximate surface area is 185 Å². The second-order valence-corrected chi connectivity index (χ2v) is 11.2. The second-order valence-electron chi connectivity index (χ2n) is 11.2. The van der Waals surface area contributed by atoms with E-state index in [0.29, 0.717) is 24.7 Å². The zero-order chi connectivity index (χ0) is 22.6. The molecule has 6 nitrogen and oxygen atoms in total. The summed E-state index contributed by atoms with van der Waals surface area (Å²) in [5.74, 6) is 0.222. The molecule has 0 aromatic heterocycles. The van der Waals surface area contributed by atoms with Gasteiger partial charge in [-0.3, -0.25) is 14.4 Å². The van der Waals surface area contributed by atoms with Gasteiger partial charge in [0.2, 0.25) is 0 Å². The van der Waals surface area contributed by atoms with Crippen molar-refractivity contribution >= 4 is 17.7 Å². The molecule has 0 unspecified atom stereocenters. The van der Waals surface area contributed by atoms with Gasteiger partial charge in [-0.05, 0) is 81.0 Å². The lowest BCUT2D eigenvalue weighted by Gasteiger charge is -2.63. The number of aliphatic hydroxyl groups is 1. The summed E-state index contributed by atoms with van der Waals surface area (Å²) in [5, 5.41) is 12.1. The van der Waals surface area contributed by atoms with E-state index in [2.05, 4.69) is 13.8 Å². The Morgan fingerprint density at radius 1 is 0.903 bits per heavy atom. The number of ketones is 1. The monoisotopic (exact) mass is 434 g/mol. The number of fused-ring (bicyclic) bond motifs is 5. The van der Waals surface area contributed by atoms with Gasteiger partial charge in [0.25, 0.3) is 0 Å². The first-order chi connectivity index (χ1) is 14.5. The minimum atomic E-state index is -0.840. The van der Waals surface area contributed by atoms with E-state index in [1.165, 1.54) is 13.8 Å². The SMILES string of the molecule is CC(=O)OCC(=O)[C@@H]1CC[C@]2(O)[C@@H]3CC[C@@H]4C[C@@H](OC(C)=O)CC[C@]4(C)[C@H]3CC[C@]12C. The van der Waals surface area contributed by atoms with Gasteiger partial charge in [0.1, 0.15) is 12.7 Å². The lowest BCUT2D eigenvalue weighted by Crippen LogP contribution is -2.62. The quantitative estimate of drug-likeness (QED) is 0.677. The molecule has 4 rings (SSSR count). The number of hydrogen-bond donors (Lipinski definition) is 1. The van der Waals surface area contributed by atoms with Gasteiger partial charge in [0.15, 0.2) is 5.78 Å². The van der Waals surface area contributed by atoms with E-state index >= 15 is 0 Å². The van der Waals surface area contributed by atoms with Gasteiger partial charge in [0.05, 0.1) is 5.60 Å². The molecule has 1 N–H and O–H groups in total. The van der Waals surface area contributed by atoms with Crippen LogP contribution in [0.2, 0.25) is 0 Å². The second kappa shape index (κ2) is 7.86. The average Bonchev–Trinajstić information content (AvgIpc) is 2.97. The lowest BCUT2D eigenvalue weighted by molar-refractivity contribution is -0.212. The molecule has 31 heavy (non-hydrogen) atoms. The first-order valence-electron chi connectivity index (χ1n) is 12.1. The topological polar surface area (TPSA) is 89.9 Å². The van der Waals surface area contributed by atoms with Crippen LogP contribution in [0.15, 0.2) is 0 Å². The van der Waals surface area contributed by atoms with Crippen LogP contribution in [0.1, 0.15) is 85.5 Å². The molecule has 0 radical (unpaired) electrons. The van der Waals surface area contributed by atoms with Crippen molar-refractivity contribution in [2.45, 2.75) is 97.2 Å². The van der Waals surface area contributed by atoms with Crippen molar-refractivity contribution in [1.29, 1.82) is 0 Å². The normalized spacial score (nSPS) is 46.3. The van der Waals surface area contributed by atoms with E-state index in [1.54, 1.807) is 0 Å². The Morgan fingerprint density at radius 2 is 1.65 bits per heavy atom.